The highest BCUT2D eigenvalue weighted by Crippen LogP contribution is 2.29. The zero-order chi connectivity index (χ0) is 21.7. The number of methoxy groups -OCH3 is 1. The Labute approximate surface area is 179 Å². The molecule has 9 heteroatoms. The second-order valence-electron chi connectivity index (χ2n) is 6.43. The van der Waals surface area contributed by atoms with Gasteiger partial charge in [0.2, 0.25) is 10.0 Å². The third-order valence-corrected chi connectivity index (χ3v) is 6.16. The minimum absolute atomic E-state index is 0.0628. The van der Waals surface area contributed by atoms with E-state index in [1.165, 1.54) is 29.9 Å². The molecule has 0 spiro atoms. The molecule has 0 aliphatic rings. The Kier molecular flexibility index (Phi) is 6.81. The lowest BCUT2D eigenvalue weighted by Gasteiger charge is -2.12. The molecule has 0 atom stereocenters. The van der Waals surface area contributed by atoms with Gasteiger partial charge in [0.1, 0.15) is 17.2 Å². The van der Waals surface area contributed by atoms with E-state index in [0.717, 1.165) is 0 Å². The summed E-state index contributed by atoms with van der Waals surface area (Å²) in [7, 11) is -2.25. The summed E-state index contributed by atoms with van der Waals surface area (Å²) in [6, 6.07) is 16.1. The Hall–Kier alpha value is -2.81. The largest absolute Gasteiger partial charge is 0.496 e. The Balaban J connectivity index is 1.65. The third-order valence-electron chi connectivity index (χ3n) is 4.37. The Bertz CT molecular complexity index is 1190. The molecule has 0 unspecified atom stereocenters. The van der Waals surface area contributed by atoms with Crippen molar-refractivity contribution in [3.63, 3.8) is 0 Å². The summed E-state index contributed by atoms with van der Waals surface area (Å²) in [5.41, 5.74) is 0.423. The fraction of sp³-hybridized carbons (Fsp3) is 0.190. The normalized spacial score (nSPS) is 11.3. The molecule has 3 rings (SSSR count). The van der Waals surface area contributed by atoms with Crippen molar-refractivity contribution < 1.29 is 17.9 Å². The summed E-state index contributed by atoms with van der Waals surface area (Å²) in [5.74, 6) is 1.41. The van der Waals surface area contributed by atoms with E-state index in [2.05, 4.69) is 4.72 Å². The topological polar surface area (TPSA) is 86.6 Å². The summed E-state index contributed by atoms with van der Waals surface area (Å²) in [4.78, 5) is 12.2. The molecule has 0 bridgehead atoms. The highest BCUT2D eigenvalue weighted by atomic mass is 35.5. The summed E-state index contributed by atoms with van der Waals surface area (Å²) >= 11 is 6.06. The van der Waals surface area contributed by atoms with Crippen LogP contribution in [0.5, 0.6) is 17.2 Å². The van der Waals surface area contributed by atoms with Gasteiger partial charge in [0, 0.05) is 24.8 Å². The quantitative estimate of drug-likeness (QED) is 0.569. The second-order valence-corrected chi connectivity index (χ2v) is 8.60. The van der Waals surface area contributed by atoms with Gasteiger partial charge in [0.25, 0.3) is 5.56 Å². The first-order valence-corrected chi connectivity index (χ1v) is 10.9. The van der Waals surface area contributed by atoms with Crippen molar-refractivity contribution in [2.24, 2.45) is 0 Å². The lowest BCUT2D eigenvalue weighted by molar-refractivity contribution is 0.411. The predicted molar refractivity (Wildman–Crippen MR) is 115 cm³/mol. The van der Waals surface area contributed by atoms with Crippen LogP contribution >= 0.6 is 11.6 Å². The number of pyridine rings is 1. The van der Waals surface area contributed by atoms with E-state index in [0.29, 0.717) is 28.0 Å². The van der Waals surface area contributed by atoms with Crippen LogP contribution < -0.4 is 19.8 Å². The molecule has 2 aromatic carbocycles. The van der Waals surface area contributed by atoms with Gasteiger partial charge in [-0.1, -0.05) is 23.7 Å². The number of rotatable bonds is 8. The van der Waals surface area contributed by atoms with E-state index in [-0.39, 0.29) is 23.5 Å². The molecule has 0 aliphatic carbocycles. The van der Waals surface area contributed by atoms with Crippen molar-refractivity contribution in [3.8, 4) is 17.2 Å². The van der Waals surface area contributed by atoms with Crippen LogP contribution in [-0.4, -0.2) is 26.6 Å². The van der Waals surface area contributed by atoms with Crippen molar-refractivity contribution in [1.82, 2.24) is 9.29 Å². The zero-order valence-corrected chi connectivity index (χ0v) is 18.0. The van der Waals surface area contributed by atoms with Crippen LogP contribution in [0.3, 0.4) is 0 Å². The number of aromatic nitrogens is 1. The molecule has 3 aromatic rings. The summed E-state index contributed by atoms with van der Waals surface area (Å²) in [6.45, 7) is 2.02. The van der Waals surface area contributed by atoms with Gasteiger partial charge < -0.3 is 14.0 Å². The zero-order valence-electron chi connectivity index (χ0n) is 16.5. The van der Waals surface area contributed by atoms with Gasteiger partial charge in [0.15, 0.2) is 0 Å². The van der Waals surface area contributed by atoms with E-state index >= 15 is 0 Å². The number of nitrogens with zero attached hydrogens (tertiary/aromatic N) is 1. The molecule has 0 saturated heterocycles. The maximum atomic E-state index is 12.5. The number of benzene rings is 2. The maximum Gasteiger partial charge on any atom is 0.254 e. The SMILES string of the molecule is COc1cc(C)n(CCNS(=O)(=O)c2ccc(Oc3ccccc3Cl)cc2)c(=O)c1. The number of aryl methyl sites for hydroxylation is 1. The van der Waals surface area contributed by atoms with Crippen LogP contribution in [0.1, 0.15) is 5.69 Å². The molecule has 1 heterocycles. The summed E-state index contributed by atoms with van der Waals surface area (Å²) in [6.07, 6.45) is 0. The first kappa shape index (κ1) is 21.9. The van der Waals surface area contributed by atoms with E-state index in [4.69, 9.17) is 21.1 Å². The van der Waals surface area contributed by atoms with Crippen LogP contribution in [-0.2, 0) is 16.6 Å². The number of para-hydroxylation sites is 1. The lowest BCUT2D eigenvalue weighted by atomic mass is 10.3. The minimum Gasteiger partial charge on any atom is -0.496 e. The molecule has 1 N–H and O–H groups in total. The number of sulfonamides is 1. The van der Waals surface area contributed by atoms with Gasteiger partial charge >= 0.3 is 0 Å². The van der Waals surface area contributed by atoms with Crippen molar-refractivity contribution in [1.29, 1.82) is 0 Å². The molecular formula is C21H21ClN2O5S. The number of ether oxygens (including phenoxy) is 2. The van der Waals surface area contributed by atoms with Crippen molar-refractivity contribution in [2.45, 2.75) is 18.4 Å². The molecule has 0 radical (unpaired) electrons. The highest BCUT2D eigenvalue weighted by molar-refractivity contribution is 7.89. The third kappa shape index (κ3) is 5.21. The summed E-state index contributed by atoms with van der Waals surface area (Å²) in [5, 5.41) is 0.458. The molecule has 0 saturated carbocycles. The Morgan fingerprint density at radius 3 is 2.37 bits per heavy atom. The number of hydrogen-bond donors (Lipinski definition) is 1. The lowest BCUT2D eigenvalue weighted by Crippen LogP contribution is -2.31. The van der Waals surface area contributed by atoms with Gasteiger partial charge in [-0.05, 0) is 49.4 Å². The van der Waals surface area contributed by atoms with Crippen molar-refractivity contribution in [3.05, 3.63) is 81.7 Å². The average Bonchev–Trinajstić information content (AvgIpc) is 2.72. The van der Waals surface area contributed by atoms with Gasteiger partial charge in [-0.15, -0.1) is 0 Å². The molecule has 0 aliphatic heterocycles. The molecular weight excluding hydrogens is 428 g/mol. The fourth-order valence-corrected chi connectivity index (χ4v) is 4.02. The van der Waals surface area contributed by atoms with E-state index in [1.54, 1.807) is 49.4 Å². The van der Waals surface area contributed by atoms with Crippen LogP contribution in [0.4, 0.5) is 0 Å². The molecule has 7 nitrogen and oxygen atoms in total. The first-order valence-electron chi connectivity index (χ1n) is 9.08. The number of nitrogens with one attached hydrogen (secondary N) is 1. The monoisotopic (exact) mass is 448 g/mol. The van der Waals surface area contributed by atoms with Crippen LogP contribution in [0, 0.1) is 6.92 Å². The van der Waals surface area contributed by atoms with Gasteiger partial charge in [0.05, 0.1) is 17.0 Å². The van der Waals surface area contributed by atoms with E-state index in [1.807, 2.05) is 0 Å². The van der Waals surface area contributed by atoms with Crippen molar-refractivity contribution in [2.75, 3.05) is 13.7 Å². The van der Waals surface area contributed by atoms with Gasteiger partial charge in [-0.25, -0.2) is 13.1 Å². The Morgan fingerprint density at radius 1 is 1.03 bits per heavy atom. The average molecular weight is 449 g/mol. The molecule has 30 heavy (non-hydrogen) atoms. The molecule has 158 valence electrons. The van der Waals surface area contributed by atoms with E-state index in [9.17, 15) is 13.2 Å². The standard InChI is InChI=1S/C21H21ClN2O5S/c1-15-13-17(28-2)14-21(25)24(15)12-11-23-30(26,27)18-9-7-16(8-10-18)29-20-6-4-3-5-19(20)22/h3-10,13-14,23H,11-12H2,1-2H3. The predicted octanol–water partition coefficient (Wildman–Crippen LogP) is 3.59. The molecule has 1 aromatic heterocycles. The van der Waals surface area contributed by atoms with Crippen LogP contribution in [0.25, 0.3) is 0 Å². The Morgan fingerprint density at radius 2 is 1.73 bits per heavy atom. The smallest absolute Gasteiger partial charge is 0.254 e. The van der Waals surface area contributed by atoms with Crippen molar-refractivity contribution >= 4 is 21.6 Å². The maximum absolute atomic E-state index is 12.5. The second kappa shape index (κ2) is 9.34. The van der Waals surface area contributed by atoms with E-state index < -0.39 is 10.0 Å². The van der Waals surface area contributed by atoms with Crippen LogP contribution in [0.2, 0.25) is 5.02 Å². The minimum atomic E-state index is -3.74. The van der Waals surface area contributed by atoms with Gasteiger partial charge in [-0.3, -0.25) is 4.79 Å². The summed E-state index contributed by atoms with van der Waals surface area (Å²) < 4.78 is 39.8. The number of hydrogen-bond acceptors (Lipinski definition) is 5. The van der Waals surface area contributed by atoms with Crippen LogP contribution in [0.15, 0.2) is 70.4 Å². The highest BCUT2D eigenvalue weighted by Gasteiger charge is 2.14. The molecule has 0 fully saturated rings. The fourth-order valence-electron chi connectivity index (χ4n) is 2.82. The number of halogens is 1. The first-order chi connectivity index (χ1) is 14.3. The van der Waals surface area contributed by atoms with Gasteiger partial charge in [-0.2, -0.15) is 0 Å². The molecule has 0 amide bonds.